The Labute approximate surface area is 93.5 Å². The molecule has 1 aliphatic rings. The first-order chi connectivity index (χ1) is 7.66. The number of rotatable bonds is 3. The third-order valence-electron chi connectivity index (χ3n) is 3.17. The zero-order valence-electron chi connectivity index (χ0n) is 9.45. The van der Waals surface area contributed by atoms with Crippen LogP contribution in [0.3, 0.4) is 0 Å². The van der Waals surface area contributed by atoms with Crippen LogP contribution in [-0.2, 0) is 13.5 Å². The molecule has 1 fully saturated rings. The predicted octanol–water partition coefficient (Wildman–Crippen LogP) is -0.384. The van der Waals surface area contributed by atoms with Crippen LogP contribution in [0.1, 0.15) is 18.4 Å². The lowest BCUT2D eigenvalue weighted by Gasteiger charge is -2.07. The number of aromatic amines is 1. The number of H-pyrrole nitrogens is 1. The van der Waals surface area contributed by atoms with Crippen LogP contribution in [0.5, 0.6) is 0 Å². The molecule has 0 saturated carbocycles. The minimum absolute atomic E-state index is 0.242. The second-order valence-corrected chi connectivity index (χ2v) is 4.42. The van der Waals surface area contributed by atoms with Crippen molar-refractivity contribution in [3.8, 4) is 0 Å². The molecule has 0 aliphatic carbocycles. The van der Waals surface area contributed by atoms with Gasteiger partial charge in [0.2, 0.25) is 0 Å². The molecule has 0 spiro atoms. The Morgan fingerprint density at radius 3 is 3.00 bits per heavy atom. The van der Waals surface area contributed by atoms with Crippen LogP contribution in [0.4, 0.5) is 0 Å². The van der Waals surface area contributed by atoms with E-state index in [4.69, 9.17) is 0 Å². The van der Waals surface area contributed by atoms with Gasteiger partial charge in [0.15, 0.2) is 0 Å². The molecule has 0 bridgehead atoms. The average molecular weight is 223 g/mol. The fraction of sp³-hybridized carbons (Fsp3) is 0.636. The molecule has 2 rings (SSSR count). The second kappa shape index (κ2) is 4.65. The molecule has 1 saturated heterocycles. The molecule has 2 heterocycles. The molecule has 0 amide bonds. The first kappa shape index (κ1) is 11.1. The summed E-state index contributed by atoms with van der Waals surface area (Å²) in [5.74, 6) is 0.664. The summed E-state index contributed by atoms with van der Waals surface area (Å²) in [7, 11) is 1.65. The lowest BCUT2D eigenvalue weighted by atomic mass is 10.0. The zero-order chi connectivity index (χ0) is 11.5. The van der Waals surface area contributed by atoms with E-state index in [1.165, 1.54) is 11.0 Å². The fourth-order valence-electron chi connectivity index (χ4n) is 2.12. The van der Waals surface area contributed by atoms with Gasteiger partial charge < -0.3 is 9.88 Å². The molecular weight excluding hydrogens is 206 g/mol. The smallest absolute Gasteiger partial charge is 0.316 e. The number of nitrogens with zero attached hydrogens (tertiary/aromatic N) is 1. The van der Waals surface area contributed by atoms with Crippen molar-refractivity contribution in [2.24, 2.45) is 13.0 Å². The minimum Gasteiger partial charge on any atom is -0.316 e. The predicted molar refractivity (Wildman–Crippen MR) is 61.6 cm³/mol. The maximum atomic E-state index is 11.5. The first-order valence-electron chi connectivity index (χ1n) is 5.66. The van der Waals surface area contributed by atoms with Crippen LogP contribution in [-0.4, -0.2) is 22.6 Å². The normalized spacial score (nSPS) is 20.2. The Hall–Kier alpha value is -1.36. The third kappa shape index (κ3) is 2.41. The van der Waals surface area contributed by atoms with Crippen LogP contribution < -0.4 is 16.6 Å². The molecule has 1 aromatic rings. The zero-order valence-corrected chi connectivity index (χ0v) is 9.45. The molecular formula is C11H17N3O2. The highest BCUT2D eigenvalue weighted by atomic mass is 16.2. The number of hydrogen-bond acceptors (Lipinski definition) is 3. The third-order valence-corrected chi connectivity index (χ3v) is 3.17. The van der Waals surface area contributed by atoms with E-state index in [0.29, 0.717) is 11.5 Å². The van der Waals surface area contributed by atoms with Crippen molar-refractivity contribution in [1.29, 1.82) is 0 Å². The summed E-state index contributed by atoms with van der Waals surface area (Å²) in [6, 6.07) is 0. The van der Waals surface area contributed by atoms with Crippen LogP contribution in [0.2, 0.25) is 0 Å². The summed E-state index contributed by atoms with van der Waals surface area (Å²) < 4.78 is 1.42. The van der Waals surface area contributed by atoms with E-state index in [1.807, 2.05) is 0 Å². The minimum atomic E-state index is -0.351. The van der Waals surface area contributed by atoms with Crippen molar-refractivity contribution in [2.45, 2.75) is 19.3 Å². The quantitative estimate of drug-likeness (QED) is 0.733. The summed E-state index contributed by atoms with van der Waals surface area (Å²) in [6.45, 7) is 2.12. The molecule has 5 heteroatoms. The van der Waals surface area contributed by atoms with Crippen LogP contribution >= 0.6 is 0 Å². The van der Waals surface area contributed by atoms with Crippen molar-refractivity contribution in [1.82, 2.24) is 14.9 Å². The van der Waals surface area contributed by atoms with Gasteiger partial charge in [-0.15, -0.1) is 0 Å². The maximum Gasteiger partial charge on any atom is 0.328 e. The van der Waals surface area contributed by atoms with Gasteiger partial charge in [-0.3, -0.25) is 9.78 Å². The van der Waals surface area contributed by atoms with E-state index in [9.17, 15) is 9.59 Å². The lowest BCUT2D eigenvalue weighted by Crippen LogP contribution is -2.30. The van der Waals surface area contributed by atoms with Crippen molar-refractivity contribution < 1.29 is 0 Å². The highest BCUT2D eigenvalue weighted by Crippen LogP contribution is 2.13. The molecule has 0 aromatic carbocycles. The summed E-state index contributed by atoms with van der Waals surface area (Å²) in [5, 5.41) is 3.30. The molecule has 1 aromatic heterocycles. The average Bonchev–Trinajstić information content (AvgIpc) is 2.74. The van der Waals surface area contributed by atoms with Gasteiger partial charge in [0.1, 0.15) is 0 Å². The van der Waals surface area contributed by atoms with Gasteiger partial charge in [0.05, 0.1) is 0 Å². The number of hydrogen-bond donors (Lipinski definition) is 2. The van der Waals surface area contributed by atoms with E-state index in [1.54, 1.807) is 13.2 Å². The van der Waals surface area contributed by atoms with E-state index in [-0.39, 0.29) is 11.2 Å². The number of aromatic nitrogens is 2. The Kier molecular flexibility index (Phi) is 3.24. The molecule has 16 heavy (non-hydrogen) atoms. The topological polar surface area (TPSA) is 66.9 Å². The second-order valence-electron chi connectivity index (χ2n) is 4.42. The fourth-order valence-corrected chi connectivity index (χ4v) is 2.12. The SMILES string of the molecule is Cn1cc(CCC2CCNC2)c(=O)[nH]c1=O. The molecule has 1 atom stereocenters. The Morgan fingerprint density at radius 1 is 1.50 bits per heavy atom. The molecule has 2 N–H and O–H groups in total. The highest BCUT2D eigenvalue weighted by Gasteiger charge is 2.14. The van der Waals surface area contributed by atoms with Crippen LogP contribution in [0.15, 0.2) is 15.8 Å². The van der Waals surface area contributed by atoms with Crippen molar-refractivity contribution >= 4 is 0 Å². The summed E-state index contributed by atoms with van der Waals surface area (Å²) in [6.07, 6.45) is 4.58. The van der Waals surface area contributed by atoms with E-state index >= 15 is 0 Å². The van der Waals surface area contributed by atoms with Crippen molar-refractivity contribution in [2.75, 3.05) is 13.1 Å². The maximum absolute atomic E-state index is 11.5. The molecule has 5 nitrogen and oxygen atoms in total. The lowest BCUT2D eigenvalue weighted by molar-refractivity contribution is 0.529. The van der Waals surface area contributed by atoms with Crippen molar-refractivity contribution in [3.05, 3.63) is 32.6 Å². The Bertz CT molecular complexity index is 469. The van der Waals surface area contributed by atoms with Crippen LogP contribution in [0, 0.1) is 5.92 Å². The monoisotopic (exact) mass is 223 g/mol. The van der Waals surface area contributed by atoms with Gasteiger partial charge in [0, 0.05) is 18.8 Å². The summed E-state index contributed by atoms with van der Waals surface area (Å²) in [4.78, 5) is 25.0. The largest absolute Gasteiger partial charge is 0.328 e. The molecule has 1 aliphatic heterocycles. The van der Waals surface area contributed by atoms with E-state index in [0.717, 1.165) is 25.9 Å². The number of nitrogens with one attached hydrogen (secondary N) is 2. The summed E-state index contributed by atoms with van der Waals surface area (Å²) >= 11 is 0. The van der Waals surface area contributed by atoms with Crippen molar-refractivity contribution in [3.63, 3.8) is 0 Å². The molecule has 1 unspecified atom stereocenters. The van der Waals surface area contributed by atoms with E-state index < -0.39 is 0 Å². The summed E-state index contributed by atoms with van der Waals surface area (Å²) in [5.41, 5.74) is 0.110. The first-order valence-corrected chi connectivity index (χ1v) is 5.66. The number of aryl methyl sites for hydroxylation is 2. The van der Waals surface area contributed by atoms with Gasteiger partial charge in [-0.05, 0) is 38.3 Å². The Morgan fingerprint density at radius 2 is 2.31 bits per heavy atom. The standard InChI is InChI=1S/C11H17N3O2/c1-14-7-9(10(15)13-11(14)16)3-2-8-4-5-12-6-8/h7-8,12H,2-6H2,1H3,(H,13,15,16). The highest BCUT2D eigenvalue weighted by molar-refractivity contribution is 5.04. The Balaban J connectivity index is 2.06. The van der Waals surface area contributed by atoms with Gasteiger partial charge in [-0.1, -0.05) is 0 Å². The van der Waals surface area contributed by atoms with Crippen LogP contribution in [0.25, 0.3) is 0 Å². The van der Waals surface area contributed by atoms with Gasteiger partial charge in [0.25, 0.3) is 5.56 Å². The molecule has 88 valence electrons. The molecule has 0 radical (unpaired) electrons. The van der Waals surface area contributed by atoms with E-state index in [2.05, 4.69) is 10.3 Å². The van der Waals surface area contributed by atoms with Gasteiger partial charge >= 0.3 is 5.69 Å². The van der Waals surface area contributed by atoms with Gasteiger partial charge in [-0.2, -0.15) is 0 Å². The van der Waals surface area contributed by atoms with Gasteiger partial charge in [-0.25, -0.2) is 4.79 Å².